The monoisotopic (exact) mass is 540 g/mol. The molecule has 0 fully saturated rings. The number of guanidine groups is 1. The third-order valence-electron chi connectivity index (χ3n) is 3.39. The molecule has 0 spiro atoms. The highest BCUT2D eigenvalue weighted by Gasteiger charge is 2.05. The van der Waals surface area contributed by atoms with Crippen molar-refractivity contribution in [3.8, 4) is 0 Å². The Morgan fingerprint density at radius 2 is 1.85 bits per heavy atom. The minimum atomic E-state index is -0.0930. The predicted molar refractivity (Wildman–Crippen MR) is 122 cm³/mol. The molecule has 0 heterocycles. The van der Waals surface area contributed by atoms with Crippen LogP contribution >= 0.6 is 39.9 Å². The highest BCUT2D eigenvalue weighted by molar-refractivity contribution is 14.0. The van der Waals surface area contributed by atoms with Gasteiger partial charge in [-0.15, -0.1) is 24.0 Å². The number of aliphatic imine (C=N–C) groups is 1. The van der Waals surface area contributed by atoms with E-state index >= 15 is 0 Å². The van der Waals surface area contributed by atoms with Gasteiger partial charge in [-0.2, -0.15) is 0 Å². The van der Waals surface area contributed by atoms with E-state index in [-0.39, 0.29) is 29.9 Å². The average Bonchev–Trinajstić information content (AvgIpc) is 2.59. The molecule has 0 saturated heterocycles. The zero-order chi connectivity index (χ0) is 18.5. The molecule has 0 aliphatic heterocycles. The van der Waals surface area contributed by atoms with E-state index in [0.717, 1.165) is 17.5 Å². The van der Waals surface area contributed by atoms with Crippen molar-refractivity contribution in [3.63, 3.8) is 0 Å². The van der Waals surface area contributed by atoms with Crippen molar-refractivity contribution >= 4 is 51.8 Å². The number of halogens is 2. The van der Waals surface area contributed by atoms with E-state index in [0.29, 0.717) is 43.7 Å². The van der Waals surface area contributed by atoms with Crippen molar-refractivity contribution in [2.45, 2.75) is 20.3 Å². The molecular formula is C18H30BrIN4O2. The van der Waals surface area contributed by atoms with Crippen LogP contribution in [0.1, 0.15) is 30.6 Å². The molecule has 1 aromatic rings. The topological polar surface area (TPSA) is 74.8 Å². The van der Waals surface area contributed by atoms with Crippen molar-refractivity contribution in [1.82, 2.24) is 16.0 Å². The first kappa shape index (κ1) is 25.1. The van der Waals surface area contributed by atoms with Gasteiger partial charge in [-0.3, -0.25) is 9.79 Å². The van der Waals surface area contributed by atoms with Crippen LogP contribution in [0, 0.1) is 5.92 Å². The first-order valence-corrected chi connectivity index (χ1v) is 9.38. The Kier molecular flexibility index (Phi) is 14.7. The van der Waals surface area contributed by atoms with Gasteiger partial charge in [0, 0.05) is 43.3 Å². The largest absolute Gasteiger partial charge is 0.380 e. The summed E-state index contributed by atoms with van der Waals surface area (Å²) in [5.41, 5.74) is 0.635. The summed E-state index contributed by atoms with van der Waals surface area (Å²) in [7, 11) is 1.72. The number of nitrogens with zero attached hydrogens (tertiary/aromatic N) is 1. The predicted octanol–water partition coefficient (Wildman–Crippen LogP) is 3.02. The maximum absolute atomic E-state index is 12.0. The summed E-state index contributed by atoms with van der Waals surface area (Å²) < 4.78 is 6.44. The van der Waals surface area contributed by atoms with Gasteiger partial charge in [-0.05, 0) is 30.5 Å². The van der Waals surface area contributed by atoms with Crippen LogP contribution in [0.25, 0.3) is 0 Å². The Balaban J connectivity index is 0.00000625. The molecule has 1 rings (SSSR count). The molecule has 26 heavy (non-hydrogen) atoms. The van der Waals surface area contributed by atoms with Crippen molar-refractivity contribution in [3.05, 3.63) is 34.3 Å². The fourth-order valence-electron chi connectivity index (χ4n) is 1.97. The van der Waals surface area contributed by atoms with Crippen molar-refractivity contribution in [1.29, 1.82) is 0 Å². The van der Waals surface area contributed by atoms with Gasteiger partial charge in [0.1, 0.15) is 0 Å². The van der Waals surface area contributed by atoms with Crippen LogP contribution in [-0.2, 0) is 4.74 Å². The maximum atomic E-state index is 12.0. The Morgan fingerprint density at radius 3 is 2.50 bits per heavy atom. The average molecular weight is 541 g/mol. The molecule has 8 heteroatoms. The van der Waals surface area contributed by atoms with E-state index in [1.165, 1.54) is 0 Å². The normalized spacial score (nSPS) is 11.0. The van der Waals surface area contributed by atoms with Crippen molar-refractivity contribution in [2.24, 2.45) is 10.9 Å². The van der Waals surface area contributed by atoms with Crippen LogP contribution in [0.2, 0.25) is 0 Å². The highest BCUT2D eigenvalue weighted by Crippen LogP contribution is 2.11. The third kappa shape index (κ3) is 11.7. The van der Waals surface area contributed by atoms with Gasteiger partial charge in [-0.1, -0.05) is 35.8 Å². The van der Waals surface area contributed by atoms with E-state index < -0.39 is 0 Å². The maximum Gasteiger partial charge on any atom is 0.251 e. The smallest absolute Gasteiger partial charge is 0.251 e. The molecular weight excluding hydrogens is 511 g/mol. The van der Waals surface area contributed by atoms with Crippen molar-refractivity contribution in [2.75, 3.05) is 39.9 Å². The molecule has 0 atom stereocenters. The number of rotatable bonds is 10. The number of nitrogens with one attached hydrogen (secondary N) is 3. The first-order valence-electron chi connectivity index (χ1n) is 8.59. The quantitative estimate of drug-likeness (QED) is 0.184. The van der Waals surface area contributed by atoms with E-state index in [9.17, 15) is 4.79 Å². The Hall–Kier alpha value is -0.870. The van der Waals surface area contributed by atoms with Crippen LogP contribution in [0.15, 0.2) is 33.7 Å². The van der Waals surface area contributed by atoms with E-state index in [1.807, 2.05) is 12.1 Å². The van der Waals surface area contributed by atoms with Crippen LogP contribution in [0.3, 0.4) is 0 Å². The number of carbonyl (C=O) groups excluding carboxylic acids is 1. The van der Waals surface area contributed by atoms with Gasteiger partial charge in [0.15, 0.2) is 5.96 Å². The molecule has 0 saturated carbocycles. The highest BCUT2D eigenvalue weighted by atomic mass is 127. The number of hydrogen-bond acceptors (Lipinski definition) is 3. The number of carbonyl (C=O) groups is 1. The number of hydrogen-bond donors (Lipinski definition) is 3. The third-order valence-corrected chi connectivity index (χ3v) is 3.89. The minimum absolute atomic E-state index is 0. The second kappa shape index (κ2) is 15.2. The number of benzene rings is 1. The number of ether oxygens (including phenoxy) is 1. The molecule has 0 aliphatic rings. The Labute approximate surface area is 182 Å². The molecule has 3 N–H and O–H groups in total. The zero-order valence-corrected chi connectivity index (χ0v) is 19.6. The van der Waals surface area contributed by atoms with E-state index in [2.05, 4.69) is 50.7 Å². The molecule has 0 unspecified atom stereocenters. The molecule has 1 aromatic carbocycles. The lowest BCUT2D eigenvalue weighted by molar-refractivity contribution is 0.0954. The second-order valence-corrected chi connectivity index (χ2v) is 6.90. The lowest BCUT2D eigenvalue weighted by Crippen LogP contribution is -2.42. The lowest BCUT2D eigenvalue weighted by atomic mass is 10.1. The summed E-state index contributed by atoms with van der Waals surface area (Å²) >= 11 is 3.36. The standard InChI is InChI=1S/C18H29BrN4O2.HI/c1-14(2)7-11-25-12-10-23-18(20-3)22-9-8-21-17(24)15-5-4-6-16(19)13-15;/h4-6,13-14H,7-12H2,1-3H3,(H,21,24)(H2,20,22,23);1H. The summed E-state index contributed by atoms with van der Waals surface area (Å²) in [5, 5.41) is 9.21. The van der Waals surface area contributed by atoms with Gasteiger partial charge >= 0.3 is 0 Å². The fraction of sp³-hybridized carbons (Fsp3) is 0.556. The molecule has 0 aliphatic carbocycles. The van der Waals surface area contributed by atoms with Crippen molar-refractivity contribution < 1.29 is 9.53 Å². The fourth-order valence-corrected chi connectivity index (χ4v) is 2.37. The second-order valence-electron chi connectivity index (χ2n) is 5.99. The molecule has 0 aromatic heterocycles. The lowest BCUT2D eigenvalue weighted by Gasteiger charge is -2.13. The summed E-state index contributed by atoms with van der Waals surface area (Å²) in [5.74, 6) is 1.27. The van der Waals surface area contributed by atoms with E-state index in [4.69, 9.17) is 4.74 Å². The minimum Gasteiger partial charge on any atom is -0.380 e. The zero-order valence-electron chi connectivity index (χ0n) is 15.7. The summed E-state index contributed by atoms with van der Waals surface area (Å²) in [6, 6.07) is 7.31. The molecule has 1 amide bonds. The Bertz CT molecular complexity index is 556. The molecule has 6 nitrogen and oxygen atoms in total. The van der Waals surface area contributed by atoms with Gasteiger partial charge < -0.3 is 20.7 Å². The van der Waals surface area contributed by atoms with Crippen LogP contribution in [0.4, 0.5) is 0 Å². The summed E-state index contributed by atoms with van der Waals surface area (Å²) in [6.07, 6.45) is 1.07. The van der Waals surface area contributed by atoms with Crippen LogP contribution < -0.4 is 16.0 Å². The van der Waals surface area contributed by atoms with Gasteiger partial charge in [-0.25, -0.2) is 0 Å². The van der Waals surface area contributed by atoms with Gasteiger partial charge in [0.05, 0.1) is 6.61 Å². The SMILES string of the molecule is CN=C(NCCNC(=O)c1cccc(Br)c1)NCCOCCC(C)C.I. The number of amides is 1. The summed E-state index contributed by atoms with van der Waals surface area (Å²) in [4.78, 5) is 16.1. The molecule has 148 valence electrons. The Morgan fingerprint density at radius 1 is 1.15 bits per heavy atom. The molecule has 0 bridgehead atoms. The van der Waals surface area contributed by atoms with E-state index in [1.54, 1.807) is 19.2 Å². The van der Waals surface area contributed by atoms with Crippen LogP contribution in [0.5, 0.6) is 0 Å². The van der Waals surface area contributed by atoms with Gasteiger partial charge in [0.25, 0.3) is 5.91 Å². The van der Waals surface area contributed by atoms with Crippen LogP contribution in [-0.4, -0.2) is 51.8 Å². The van der Waals surface area contributed by atoms with Gasteiger partial charge in [0.2, 0.25) is 0 Å². The first-order chi connectivity index (χ1) is 12.0. The molecule has 0 radical (unpaired) electrons. The summed E-state index contributed by atoms with van der Waals surface area (Å²) in [6.45, 7) is 7.60.